The fourth-order valence-electron chi connectivity index (χ4n) is 4.11. The van der Waals surface area contributed by atoms with E-state index in [-0.39, 0.29) is 0 Å². The molecule has 0 radical (unpaired) electrons. The van der Waals surface area contributed by atoms with Crippen LogP contribution in [0.25, 0.3) is 32.7 Å². The van der Waals surface area contributed by atoms with Crippen LogP contribution in [0, 0.1) is 6.92 Å². The van der Waals surface area contributed by atoms with Crippen LogP contribution in [-0.2, 0) is 6.61 Å². The van der Waals surface area contributed by atoms with E-state index >= 15 is 0 Å². The van der Waals surface area contributed by atoms with E-state index in [1.807, 2.05) is 0 Å². The molecule has 0 spiro atoms. The van der Waals surface area contributed by atoms with Crippen molar-refractivity contribution in [1.82, 2.24) is 0 Å². The van der Waals surface area contributed by atoms with E-state index in [1.165, 1.54) is 49.4 Å². The van der Waals surface area contributed by atoms with Gasteiger partial charge in [0.05, 0.1) is 0 Å². The van der Waals surface area contributed by atoms with Crippen LogP contribution < -0.4 is 4.74 Å². The lowest BCUT2D eigenvalue weighted by Crippen LogP contribution is -2.07. The number of aryl methyl sites for hydroxylation is 1. The van der Waals surface area contributed by atoms with Crippen LogP contribution in [0.15, 0.2) is 60.7 Å². The summed E-state index contributed by atoms with van der Waals surface area (Å²) in [5.74, 6) is 1.57. The molecule has 128 valence electrons. The smallest absolute Gasteiger partial charge is 0.135 e. The Morgan fingerprint density at radius 3 is 2.31 bits per heavy atom. The summed E-state index contributed by atoms with van der Waals surface area (Å²) in [4.78, 5) is 0. The van der Waals surface area contributed by atoms with Crippen molar-refractivity contribution >= 4 is 21.5 Å². The van der Waals surface area contributed by atoms with E-state index in [2.05, 4.69) is 81.4 Å². The molecule has 1 heterocycles. The monoisotopic (exact) mass is 338 g/mol. The molecule has 0 aliphatic carbocycles. The average molecular weight is 338 g/mol. The van der Waals surface area contributed by atoms with Crippen LogP contribution >= 0.6 is 0 Å². The Bertz CT molecular complexity index is 1170. The highest BCUT2D eigenvalue weighted by atomic mass is 16.5. The van der Waals surface area contributed by atoms with Crippen molar-refractivity contribution in [1.29, 1.82) is 0 Å². The minimum Gasteiger partial charge on any atom is -0.488 e. The predicted octanol–water partition coefficient (Wildman–Crippen LogP) is 6.98. The first-order valence-corrected chi connectivity index (χ1v) is 9.34. The maximum Gasteiger partial charge on any atom is 0.135 e. The molecular formula is C25H22O. The molecule has 0 N–H and O–H groups in total. The van der Waals surface area contributed by atoms with Gasteiger partial charge in [-0.1, -0.05) is 80.1 Å². The van der Waals surface area contributed by atoms with E-state index < -0.39 is 0 Å². The second kappa shape index (κ2) is 5.60. The van der Waals surface area contributed by atoms with Gasteiger partial charge >= 0.3 is 0 Å². The third-order valence-corrected chi connectivity index (χ3v) is 5.60. The second-order valence-electron chi connectivity index (χ2n) is 7.68. The van der Waals surface area contributed by atoms with Crippen molar-refractivity contribution in [2.24, 2.45) is 0 Å². The molecule has 5 rings (SSSR count). The first-order chi connectivity index (χ1) is 12.6. The molecule has 0 saturated carbocycles. The van der Waals surface area contributed by atoms with Crippen molar-refractivity contribution in [3.8, 4) is 16.9 Å². The summed E-state index contributed by atoms with van der Waals surface area (Å²) < 4.78 is 6.29. The number of benzene rings is 4. The summed E-state index contributed by atoms with van der Waals surface area (Å²) >= 11 is 0. The Labute approximate surface area is 154 Å². The third-order valence-electron chi connectivity index (χ3n) is 5.60. The number of fused-ring (bicyclic) bond motifs is 7. The largest absolute Gasteiger partial charge is 0.488 e. The molecule has 26 heavy (non-hydrogen) atoms. The molecule has 1 nitrogen and oxygen atoms in total. The first-order valence-electron chi connectivity index (χ1n) is 9.34. The maximum atomic E-state index is 6.29. The zero-order valence-electron chi connectivity index (χ0n) is 15.5. The van der Waals surface area contributed by atoms with Crippen molar-refractivity contribution in [2.75, 3.05) is 0 Å². The Balaban J connectivity index is 1.75. The Morgan fingerprint density at radius 1 is 0.769 bits per heavy atom. The van der Waals surface area contributed by atoms with Gasteiger partial charge in [0.2, 0.25) is 0 Å². The van der Waals surface area contributed by atoms with Crippen LogP contribution in [-0.4, -0.2) is 0 Å². The molecule has 1 aliphatic heterocycles. The Kier molecular flexibility index (Phi) is 3.33. The van der Waals surface area contributed by atoms with Gasteiger partial charge in [0.15, 0.2) is 0 Å². The fourth-order valence-corrected chi connectivity index (χ4v) is 4.11. The zero-order chi connectivity index (χ0) is 17.8. The number of rotatable bonds is 1. The van der Waals surface area contributed by atoms with Crippen molar-refractivity contribution in [2.45, 2.75) is 33.3 Å². The minimum atomic E-state index is 0.544. The minimum absolute atomic E-state index is 0.544. The van der Waals surface area contributed by atoms with Gasteiger partial charge in [-0.3, -0.25) is 0 Å². The molecule has 0 amide bonds. The maximum absolute atomic E-state index is 6.29. The van der Waals surface area contributed by atoms with Crippen LogP contribution in [0.5, 0.6) is 5.75 Å². The zero-order valence-corrected chi connectivity index (χ0v) is 15.5. The van der Waals surface area contributed by atoms with Gasteiger partial charge in [0.1, 0.15) is 12.4 Å². The third kappa shape index (κ3) is 2.24. The molecule has 0 unspecified atom stereocenters. The number of hydrogen-bond donors (Lipinski definition) is 0. The molecule has 4 aromatic rings. The normalized spacial score (nSPS) is 12.9. The lowest BCUT2D eigenvalue weighted by Gasteiger charge is -2.24. The molecule has 1 heteroatoms. The molecule has 0 bridgehead atoms. The predicted molar refractivity (Wildman–Crippen MR) is 110 cm³/mol. The van der Waals surface area contributed by atoms with Gasteiger partial charge in [-0.15, -0.1) is 0 Å². The SMILES string of the molecule is Cc1ccc2c3c(ccc2c1)-c1ccc2cc(C(C)C)ccc2c1CO3. The topological polar surface area (TPSA) is 9.23 Å². The lowest BCUT2D eigenvalue weighted by molar-refractivity contribution is 0.308. The van der Waals surface area contributed by atoms with Crippen LogP contribution in [0.3, 0.4) is 0 Å². The summed E-state index contributed by atoms with van der Waals surface area (Å²) in [6.07, 6.45) is 0. The van der Waals surface area contributed by atoms with Gasteiger partial charge in [-0.05, 0) is 40.1 Å². The number of hydrogen-bond acceptors (Lipinski definition) is 1. The van der Waals surface area contributed by atoms with Gasteiger partial charge < -0.3 is 4.74 Å². The van der Waals surface area contributed by atoms with Crippen LogP contribution in [0.1, 0.15) is 36.5 Å². The molecular weight excluding hydrogens is 316 g/mol. The standard InChI is InChI=1S/C25H22O/c1-15(2)17-5-9-20-19(13-17)6-10-22-23-11-7-18-12-16(3)4-8-21(18)25(23)26-14-24(20)22/h4-13,15H,14H2,1-3H3. The van der Waals surface area contributed by atoms with E-state index in [0.717, 1.165) is 5.75 Å². The Morgan fingerprint density at radius 2 is 1.50 bits per heavy atom. The van der Waals surface area contributed by atoms with Gasteiger partial charge in [0.25, 0.3) is 0 Å². The summed E-state index contributed by atoms with van der Waals surface area (Å²) in [5.41, 5.74) is 6.48. The summed E-state index contributed by atoms with van der Waals surface area (Å²) in [6.45, 7) is 7.25. The molecule has 0 saturated heterocycles. The highest BCUT2D eigenvalue weighted by molar-refractivity contribution is 6.00. The molecule has 0 atom stereocenters. The fraction of sp³-hybridized carbons (Fsp3) is 0.200. The van der Waals surface area contributed by atoms with Crippen molar-refractivity contribution < 1.29 is 4.74 Å². The van der Waals surface area contributed by atoms with E-state index in [4.69, 9.17) is 4.74 Å². The summed E-state index contributed by atoms with van der Waals surface area (Å²) in [5, 5.41) is 5.06. The van der Waals surface area contributed by atoms with Gasteiger partial charge in [-0.25, -0.2) is 0 Å². The van der Waals surface area contributed by atoms with Crippen molar-refractivity contribution in [3.05, 3.63) is 77.4 Å². The van der Waals surface area contributed by atoms with Gasteiger partial charge in [0, 0.05) is 16.5 Å². The second-order valence-corrected chi connectivity index (χ2v) is 7.68. The highest BCUT2D eigenvalue weighted by Crippen LogP contribution is 2.44. The Hall–Kier alpha value is -2.80. The van der Waals surface area contributed by atoms with E-state index in [0.29, 0.717) is 12.5 Å². The molecule has 4 aromatic carbocycles. The summed E-state index contributed by atoms with van der Waals surface area (Å²) in [7, 11) is 0. The first kappa shape index (κ1) is 15.5. The van der Waals surface area contributed by atoms with Crippen LogP contribution in [0.4, 0.5) is 0 Å². The summed E-state index contributed by atoms with van der Waals surface area (Å²) in [6, 6.07) is 22.4. The lowest BCUT2D eigenvalue weighted by atomic mass is 9.89. The highest BCUT2D eigenvalue weighted by Gasteiger charge is 2.21. The average Bonchev–Trinajstić information content (AvgIpc) is 2.66. The van der Waals surface area contributed by atoms with E-state index in [1.54, 1.807) is 0 Å². The van der Waals surface area contributed by atoms with Crippen molar-refractivity contribution in [3.63, 3.8) is 0 Å². The van der Waals surface area contributed by atoms with Crippen LogP contribution in [0.2, 0.25) is 0 Å². The molecule has 0 fully saturated rings. The quantitative estimate of drug-likeness (QED) is 0.363. The number of ether oxygens (including phenoxy) is 1. The molecule has 1 aliphatic rings. The molecule has 0 aromatic heterocycles. The van der Waals surface area contributed by atoms with Gasteiger partial charge in [-0.2, -0.15) is 0 Å². The van der Waals surface area contributed by atoms with E-state index in [9.17, 15) is 0 Å².